The van der Waals surface area contributed by atoms with E-state index in [0.717, 1.165) is 11.1 Å². The van der Waals surface area contributed by atoms with Crippen molar-refractivity contribution in [3.8, 4) is 0 Å². The Balaban J connectivity index is 2.21. The van der Waals surface area contributed by atoms with E-state index in [1.54, 1.807) is 6.20 Å². The first-order valence-electron chi connectivity index (χ1n) is 5.52. The molecule has 1 aromatic heterocycles. The molecule has 0 bridgehead atoms. The van der Waals surface area contributed by atoms with Crippen LogP contribution in [0.25, 0.3) is 16.8 Å². The molecule has 0 atom stereocenters. The van der Waals surface area contributed by atoms with Gasteiger partial charge in [0.2, 0.25) is 5.91 Å². The van der Waals surface area contributed by atoms with Gasteiger partial charge in [0.25, 0.3) is 0 Å². The van der Waals surface area contributed by atoms with Gasteiger partial charge in [0.05, 0.1) is 5.69 Å². The molecule has 17 heavy (non-hydrogen) atoms. The van der Waals surface area contributed by atoms with E-state index in [1.165, 1.54) is 12.3 Å². The Morgan fingerprint density at radius 2 is 2.18 bits per heavy atom. The Morgan fingerprint density at radius 3 is 3.00 bits per heavy atom. The molecule has 0 radical (unpaired) electrons. The van der Waals surface area contributed by atoms with Crippen molar-refractivity contribution in [3.05, 3.63) is 48.3 Å². The SMILES string of the molecule is CC(=O)NCC=Cc1nccc2ccccc12. The molecule has 1 N–H and O–H groups in total. The maximum atomic E-state index is 10.7. The molecule has 0 saturated carbocycles. The first kappa shape index (κ1) is 11.3. The molecule has 86 valence electrons. The van der Waals surface area contributed by atoms with E-state index in [4.69, 9.17) is 0 Å². The van der Waals surface area contributed by atoms with Crippen LogP contribution in [0, 0.1) is 0 Å². The molecular weight excluding hydrogens is 212 g/mol. The van der Waals surface area contributed by atoms with Gasteiger partial charge in [-0.1, -0.05) is 30.3 Å². The van der Waals surface area contributed by atoms with Gasteiger partial charge in [0.1, 0.15) is 0 Å². The average Bonchev–Trinajstić information content (AvgIpc) is 2.34. The zero-order valence-corrected chi connectivity index (χ0v) is 9.68. The number of hydrogen-bond acceptors (Lipinski definition) is 2. The fourth-order valence-corrected chi connectivity index (χ4v) is 1.65. The van der Waals surface area contributed by atoms with Crippen LogP contribution in [0.1, 0.15) is 12.6 Å². The number of nitrogens with zero attached hydrogens (tertiary/aromatic N) is 1. The summed E-state index contributed by atoms with van der Waals surface area (Å²) >= 11 is 0. The summed E-state index contributed by atoms with van der Waals surface area (Å²) < 4.78 is 0. The zero-order valence-electron chi connectivity index (χ0n) is 9.68. The van der Waals surface area contributed by atoms with Gasteiger partial charge in [0, 0.05) is 25.1 Å². The quantitative estimate of drug-likeness (QED) is 0.873. The molecule has 0 unspecified atom stereocenters. The highest BCUT2D eigenvalue weighted by Crippen LogP contribution is 2.16. The Labute approximate surface area is 100 Å². The summed E-state index contributed by atoms with van der Waals surface area (Å²) in [6, 6.07) is 10.1. The van der Waals surface area contributed by atoms with E-state index in [-0.39, 0.29) is 5.91 Å². The molecule has 2 rings (SSSR count). The molecule has 0 aliphatic rings. The van der Waals surface area contributed by atoms with Crippen LogP contribution < -0.4 is 5.32 Å². The summed E-state index contributed by atoms with van der Waals surface area (Å²) in [5.74, 6) is -0.0273. The van der Waals surface area contributed by atoms with Crippen LogP contribution in [0.4, 0.5) is 0 Å². The Hall–Kier alpha value is -2.16. The van der Waals surface area contributed by atoms with Crippen LogP contribution in [0.15, 0.2) is 42.6 Å². The van der Waals surface area contributed by atoms with Crippen LogP contribution in [0.2, 0.25) is 0 Å². The van der Waals surface area contributed by atoms with Crippen molar-refractivity contribution in [2.45, 2.75) is 6.92 Å². The van der Waals surface area contributed by atoms with Crippen LogP contribution in [-0.4, -0.2) is 17.4 Å². The minimum atomic E-state index is -0.0273. The third-order valence-corrected chi connectivity index (χ3v) is 2.45. The lowest BCUT2D eigenvalue weighted by atomic mass is 10.1. The second-order valence-corrected chi connectivity index (χ2v) is 3.76. The first-order valence-corrected chi connectivity index (χ1v) is 5.52. The Morgan fingerprint density at radius 1 is 1.35 bits per heavy atom. The lowest BCUT2D eigenvalue weighted by molar-refractivity contribution is -0.118. The number of amides is 1. The molecule has 0 fully saturated rings. The summed E-state index contributed by atoms with van der Waals surface area (Å²) in [6.07, 6.45) is 5.62. The topological polar surface area (TPSA) is 42.0 Å². The first-order chi connectivity index (χ1) is 8.27. The third kappa shape index (κ3) is 2.91. The van der Waals surface area contributed by atoms with Crippen LogP contribution >= 0.6 is 0 Å². The minimum Gasteiger partial charge on any atom is -0.353 e. The van der Waals surface area contributed by atoms with Crippen molar-refractivity contribution in [2.75, 3.05) is 6.54 Å². The van der Waals surface area contributed by atoms with E-state index in [9.17, 15) is 4.79 Å². The normalized spacial score (nSPS) is 10.9. The number of carbonyl (C=O) groups is 1. The fourth-order valence-electron chi connectivity index (χ4n) is 1.65. The van der Waals surface area contributed by atoms with Gasteiger partial charge in [-0.15, -0.1) is 0 Å². The zero-order chi connectivity index (χ0) is 12.1. The van der Waals surface area contributed by atoms with Gasteiger partial charge in [-0.25, -0.2) is 0 Å². The maximum absolute atomic E-state index is 10.7. The molecule has 0 aliphatic heterocycles. The standard InChI is InChI=1S/C14H14N2O/c1-11(17)15-9-4-7-14-13-6-3-2-5-12(13)8-10-16-14/h2-8,10H,9H2,1H3,(H,15,17). The highest BCUT2D eigenvalue weighted by Gasteiger charge is 1.97. The molecular formula is C14H14N2O. The van der Waals surface area contributed by atoms with Gasteiger partial charge < -0.3 is 5.32 Å². The monoisotopic (exact) mass is 226 g/mol. The number of fused-ring (bicyclic) bond motifs is 1. The predicted molar refractivity (Wildman–Crippen MR) is 69.5 cm³/mol. The van der Waals surface area contributed by atoms with Crippen molar-refractivity contribution in [3.63, 3.8) is 0 Å². The average molecular weight is 226 g/mol. The summed E-state index contributed by atoms with van der Waals surface area (Å²) in [5.41, 5.74) is 0.924. The molecule has 3 heteroatoms. The Bertz CT molecular complexity index is 556. The Kier molecular flexibility index (Phi) is 3.50. The second-order valence-electron chi connectivity index (χ2n) is 3.76. The fraction of sp³-hybridized carbons (Fsp3) is 0.143. The van der Waals surface area contributed by atoms with E-state index >= 15 is 0 Å². The maximum Gasteiger partial charge on any atom is 0.217 e. The summed E-state index contributed by atoms with van der Waals surface area (Å²) in [6.45, 7) is 2.03. The molecule has 2 aromatic rings. The van der Waals surface area contributed by atoms with Gasteiger partial charge in [-0.2, -0.15) is 0 Å². The van der Waals surface area contributed by atoms with Gasteiger partial charge in [0.15, 0.2) is 0 Å². The molecule has 0 aliphatic carbocycles. The van der Waals surface area contributed by atoms with Crippen LogP contribution in [0.3, 0.4) is 0 Å². The lowest BCUT2D eigenvalue weighted by Crippen LogP contribution is -2.19. The molecule has 0 spiro atoms. The molecule has 3 nitrogen and oxygen atoms in total. The summed E-state index contributed by atoms with van der Waals surface area (Å²) in [7, 11) is 0. The molecule has 1 aromatic carbocycles. The number of aromatic nitrogens is 1. The molecule has 1 heterocycles. The largest absolute Gasteiger partial charge is 0.353 e. The van der Waals surface area contributed by atoms with Crippen molar-refractivity contribution >= 4 is 22.8 Å². The number of benzene rings is 1. The second kappa shape index (κ2) is 5.25. The minimum absolute atomic E-state index is 0.0273. The van der Waals surface area contributed by atoms with Crippen molar-refractivity contribution in [2.24, 2.45) is 0 Å². The number of pyridine rings is 1. The number of rotatable bonds is 3. The smallest absolute Gasteiger partial charge is 0.217 e. The van der Waals surface area contributed by atoms with E-state index in [1.807, 2.05) is 36.4 Å². The third-order valence-electron chi connectivity index (χ3n) is 2.45. The van der Waals surface area contributed by atoms with Gasteiger partial charge >= 0.3 is 0 Å². The van der Waals surface area contributed by atoms with Crippen molar-refractivity contribution in [1.82, 2.24) is 10.3 Å². The van der Waals surface area contributed by atoms with Crippen LogP contribution in [-0.2, 0) is 4.79 Å². The highest BCUT2D eigenvalue weighted by atomic mass is 16.1. The molecule has 1 amide bonds. The highest BCUT2D eigenvalue weighted by molar-refractivity contribution is 5.88. The van der Waals surface area contributed by atoms with Crippen LogP contribution in [0.5, 0.6) is 0 Å². The number of hydrogen-bond donors (Lipinski definition) is 1. The van der Waals surface area contributed by atoms with Crippen molar-refractivity contribution in [1.29, 1.82) is 0 Å². The predicted octanol–water partition coefficient (Wildman–Crippen LogP) is 2.38. The number of nitrogens with one attached hydrogen (secondary N) is 1. The van der Waals surface area contributed by atoms with Crippen molar-refractivity contribution < 1.29 is 4.79 Å². The summed E-state index contributed by atoms with van der Waals surface area (Å²) in [5, 5.41) is 5.00. The van der Waals surface area contributed by atoms with Gasteiger partial charge in [-0.3, -0.25) is 9.78 Å². The van der Waals surface area contributed by atoms with E-state index < -0.39 is 0 Å². The van der Waals surface area contributed by atoms with E-state index in [2.05, 4.69) is 16.4 Å². The number of carbonyl (C=O) groups excluding carboxylic acids is 1. The molecule has 0 saturated heterocycles. The summed E-state index contributed by atoms with van der Waals surface area (Å²) in [4.78, 5) is 15.0. The van der Waals surface area contributed by atoms with E-state index in [0.29, 0.717) is 6.54 Å². The van der Waals surface area contributed by atoms with Gasteiger partial charge in [-0.05, 0) is 17.5 Å². The lowest BCUT2D eigenvalue weighted by Gasteiger charge is -2.00.